The zero-order valence-electron chi connectivity index (χ0n) is 12.6. The molecule has 1 amide bonds. The van der Waals surface area contributed by atoms with Gasteiger partial charge in [-0.05, 0) is 24.3 Å². The molecule has 3 heterocycles. The number of nitrogens with zero attached hydrogens (tertiary/aromatic N) is 4. The highest BCUT2D eigenvalue weighted by Gasteiger charge is 2.18. The Labute approximate surface area is 129 Å². The first-order valence-electron chi connectivity index (χ1n) is 7.37. The van der Waals surface area contributed by atoms with Gasteiger partial charge in [0, 0.05) is 39.3 Å². The van der Waals surface area contributed by atoms with E-state index >= 15 is 0 Å². The average Bonchev–Trinajstić information content (AvgIpc) is 2.56. The quantitative estimate of drug-likeness (QED) is 0.935. The van der Waals surface area contributed by atoms with Crippen molar-refractivity contribution in [3.05, 3.63) is 42.7 Å². The Kier molecular flexibility index (Phi) is 4.18. The summed E-state index contributed by atoms with van der Waals surface area (Å²) in [4.78, 5) is 24.4. The van der Waals surface area contributed by atoms with Crippen LogP contribution in [0.2, 0.25) is 0 Å². The number of pyridine rings is 2. The molecular weight excluding hydrogens is 278 g/mol. The van der Waals surface area contributed by atoms with Gasteiger partial charge in [0.1, 0.15) is 11.6 Å². The molecule has 0 aromatic carbocycles. The van der Waals surface area contributed by atoms with Crippen LogP contribution in [0.25, 0.3) is 0 Å². The molecule has 0 saturated carbocycles. The molecule has 0 aliphatic carbocycles. The SMILES string of the molecule is CC(=O)Nc1ccc(N2CCN(c3ccccn3)CC2)nc1. The van der Waals surface area contributed by atoms with Crippen LogP contribution >= 0.6 is 0 Å². The minimum Gasteiger partial charge on any atom is -0.353 e. The summed E-state index contributed by atoms with van der Waals surface area (Å²) in [7, 11) is 0. The maximum absolute atomic E-state index is 11.0. The third kappa shape index (κ3) is 3.33. The lowest BCUT2D eigenvalue weighted by Gasteiger charge is -2.36. The molecule has 1 fully saturated rings. The number of amides is 1. The van der Waals surface area contributed by atoms with Crippen LogP contribution in [0.3, 0.4) is 0 Å². The van der Waals surface area contributed by atoms with E-state index in [9.17, 15) is 4.79 Å². The molecule has 0 atom stereocenters. The number of carbonyl (C=O) groups is 1. The number of piperazine rings is 1. The number of hydrogen-bond acceptors (Lipinski definition) is 5. The van der Waals surface area contributed by atoms with Crippen molar-refractivity contribution in [2.24, 2.45) is 0 Å². The Morgan fingerprint density at radius 1 is 1.00 bits per heavy atom. The van der Waals surface area contributed by atoms with Gasteiger partial charge in [0.25, 0.3) is 0 Å². The fraction of sp³-hybridized carbons (Fsp3) is 0.312. The van der Waals surface area contributed by atoms with Crippen LogP contribution in [0.5, 0.6) is 0 Å². The number of hydrogen-bond donors (Lipinski definition) is 1. The number of carbonyl (C=O) groups excluding carboxylic acids is 1. The third-order valence-electron chi connectivity index (χ3n) is 3.65. The highest BCUT2D eigenvalue weighted by molar-refractivity contribution is 5.88. The molecule has 0 bridgehead atoms. The Morgan fingerprint density at radius 2 is 1.68 bits per heavy atom. The van der Waals surface area contributed by atoms with Crippen LogP contribution in [-0.2, 0) is 4.79 Å². The van der Waals surface area contributed by atoms with Crippen LogP contribution in [0.1, 0.15) is 6.92 Å². The molecule has 2 aromatic heterocycles. The van der Waals surface area contributed by atoms with Crippen molar-refractivity contribution in [3.63, 3.8) is 0 Å². The van der Waals surface area contributed by atoms with E-state index in [0.29, 0.717) is 0 Å². The van der Waals surface area contributed by atoms with Crippen molar-refractivity contribution >= 4 is 23.2 Å². The topological polar surface area (TPSA) is 61.4 Å². The second kappa shape index (κ2) is 6.43. The van der Waals surface area contributed by atoms with E-state index < -0.39 is 0 Å². The lowest BCUT2D eigenvalue weighted by Crippen LogP contribution is -2.47. The normalized spacial score (nSPS) is 14.8. The van der Waals surface area contributed by atoms with Crippen LogP contribution in [0.15, 0.2) is 42.7 Å². The van der Waals surface area contributed by atoms with Crippen molar-refractivity contribution in [1.82, 2.24) is 9.97 Å². The lowest BCUT2D eigenvalue weighted by atomic mass is 10.3. The molecule has 6 heteroatoms. The molecule has 0 unspecified atom stereocenters. The Bertz CT molecular complexity index is 621. The smallest absolute Gasteiger partial charge is 0.221 e. The van der Waals surface area contributed by atoms with Gasteiger partial charge in [0.15, 0.2) is 0 Å². The van der Waals surface area contributed by atoms with Gasteiger partial charge in [-0.2, -0.15) is 0 Å². The standard InChI is InChI=1S/C16H19N5O/c1-13(22)19-14-5-6-16(18-12-14)21-10-8-20(9-11-21)15-4-2-3-7-17-15/h2-7,12H,8-11H2,1H3,(H,19,22). The van der Waals surface area contributed by atoms with Crippen LogP contribution < -0.4 is 15.1 Å². The van der Waals surface area contributed by atoms with Crippen molar-refractivity contribution in [2.75, 3.05) is 41.3 Å². The van der Waals surface area contributed by atoms with Gasteiger partial charge >= 0.3 is 0 Å². The van der Waals surface area contributed by atoms with E-state index in [4.69, 9.17) is 0 Å². The van der Waals surface area contributed by atoms with Gasteiger partial charge in [0.2, 0.25) is 5.91 Å². The lowest BCUT2D eigenvalue weighted by molar-refractivity contribution is -0.114. The Hall–Kier alpha value is -2.63. The van der Waals surface area contributed by atoms with Crippen molar-refractivity contribution < 1.29 is 4.79 Å². The minimum atomic E-state index is -0.0847. The number of anilines is 3. The average molecular weight is 297 g/mol. The summed E-state index contributed by atoms with van der Waals surface area (Å²) in [6, 6.07) is 9.81. The molecule has 6 nitrogen and oxygen atoms in total. The summed E-state index contributed by atoms with van der Waals surface area (Å²) in [5.74, 6) is 1.88. The summed E-state index contributed by atoms with van der Waals surface area (Å²) < 4.78 is 0. The highest BCUT2D eigenvalue weighted by atomic mass is 16.1. The van der Waals surface area contributed by atoms with Gasteiger partial charge in [-0.15, -0.1) is 0 Å². The minimum absolute atomic E-state index is 0.0847. The van der Waals surface area contributed by atoms with Gasteiger partial charge in [-0.3, -0.25) is 4.79 Å². The van der Waals surface area contributed by atoms with Crippen LogP contribution in [-0.4, -0.2) is 42.1 Å². The number of nitrogens with one attached hydrogen (secondary N) is 1. The first-order chi connectivity index (χ1) is 10.7. The van der Waals surface area contributed by atoms with Gasteiger partial charge in [-0.1, -0.05) is 6.07 Å². The second-order valence-electron chi connectivity index (χ2n) is 5.25. The van der Waals surface area contributed by atoms with Gasteiger partial charge < -0.3 is 15.1 Å². The monoisotopic (exact) mass is 297 g/mol. The Balaban J connectivity index is 1.60. The largest absolute Gasteiger partial charge is 0.353 e. The van der Waals surface area contributed by atoms with Gasteiger partial charge in [-0.25, -0.2) is 9.97 Å². The molecule has 22 heavy (non-hydrogen) atoms. The second-order valence-corrected chi connectivity index (χ2v) is 5.25. The first-order valence-corrected chi connectivity index (χ1v) is 7.37. The summed E-state index contributed by atoms with van der Waals surface area (Å²) in [6.45, 7) is 5.15. The fourth-order valence-electron chi connectivity index (χ4n) is 2.56. The fourth-order valence-corrected chi connectivity index (χ4v) is 2.56. The molecular formula is C16H19N5O. The van der Waals surface area contributed by atoms with E-state index in [1.807, 2.05) is 36.5 Å². The van der Waals surface area contributed by atoms with E-state index in [-0.39, 0.29) is 5.91 Å². The van der Waals surface area contributed by atoms with E-state index in [1.54, 1.807) is 6.20 Å². The summed E-state index contributed by atoms with van der Waals surface area (Å²) >= 11 is 0. The maximum atomic E-state index is 11.0. The molecule has 0 spiro atoms. The molecule has 1 N–H and O–H groups in total. The summed E-state index contributed by atoms with van der Waals surface area (Å²) in [6.07, 6.45) is 3.52. The van der Waals surface area contributed by atoms with Crippen molar-refractivity contribution in [1.29, 1.82) is 0 Å². The van der Waals surface area contributed by atoms with E-state index in [1.165, 1.54) is 6.92 Å². The molecule has 1 aliphatic heterocycles. The third-order valence-corrected chi connectivity index (χ3v) is 3.65. The molecule has 114 valence electrons. The number of rotatable bonds is 3. The zero-order chi connectivity index (χ0) is 15.4. The zero-order valence-corrected chi connectivity index (χ0v) is 12.6. The van der Waals surface area contributed by atoms with Gasteiger partial charge in [0.05, 0.1) is 11.9 Å². The predicted octanol–water partition coefficient (Wildman–Crippen LogP) is 1.76. The molecule has 0 radical (unpaired) electrons. The summed E-state index contributed by atoms with van der Waals surface area (Å²) in [5.41, 5.74) is 0.725. The van der Waals surface area contributed by atoms with Crippen LogP contribution in [0.4, 0.5) is 17.3 Å². The molecule has 1 aliphatic rings. The highest BCUT2D eigenvalue weighted by Crippen LogP contribution is 2.18. The molecule has 3 rings (SSSR count). The number of aromatic nitrogens is 2. The van der Waals surface area contributed by atoms with E-state index in [0.717, 1.165) is 43.5 Å². The van der Waals surface area contributed by atoms with E-state index in [2.05, 4.69) is 25.1 Å². The van der Waals surface area contributed by atoms with Crippen molar-refractivity contribution in [3.8, 4) is 0 Å². The van der Waals surface area contributed by atoms with Crippen molar-refractivity contribution in [2.45, 2.75) is 6.92 Å². The molecule has 2 aromatic rings. The first kappa shape index (κ1) is 14.3. The maximum Gasteiger partial charge on any atom is 0.221 e. The Morgan fingerprint density at radius 3 is 2.18 bits per heavy atom. The predicted molar refractivity (Wildman–Crippen MR) is 87.2 cm³/mol. The summed E-state index contributed by atoms with van der Waals surface area (Å²) in [5, 5.41) is 2.73. The molecule has 1 saturated heterocycles. The van der Waals surface area contributed by atoms with Crippen LogP contribution in [0, 0.1) is 0 Å².